The fourth-order valence-electron chi connectivity index (χ4n) is 4.72. The molecule has 4 rings (SSSR count). The van der Waals surface area contributed by atoms with Crippen LogP contribution in [0.5, 0.6) is 17.2 Å². The minimum atomic E-state index is -0.0222. The van der Waals surface area contributed by atoms with Crippen LogP contribution in [-0.2, 0) is 6.54 Å². The first-order valence-corrected chi connectivity index (χ1v) is 11.1. The van der Waals surface area contributed by atoms with Gasteiger partial charge >= 0.3 is 0 Å². The standard InChI is InChI=1S/C23H31N3O3S/c1-27-19-14-16(15-20(28-2)22(19)29-3)21-18-10-7-11-25(18)12-13-26(21)23(30)24-17-8-5-4-6-9-17/h7,10-11,14-15,17,21H,4-6,8-9,12-13H2,1-3H3,(H,24,30)/t21-/m1/s1. The maximum Gasteiger partial charge on any atom is 0.203 e. The number of thiocarbonyl (C=S) groups is 1. The van der Waals surface area contributed by atoms with Gasteiger partial charge in [0.25, 0.3) is 0 Å². The summed E-state index contributed by atoms with van der Waals surface area (Å²) < 4.78 is 19.1. The Kier molecular flexibility index (Phi) is 6.37. The molecule has 0 saturated heterocycles. The molecular weight excluding hydrogens is 398 g/mol. The molecule has 162 valence electrons. The van der Waals surface area contributed by atoms with Crippen LogP contribution in [-0.4, -0.2) is 48.5 Å². The van der Waals surface area contributed by atoms with Crippen LogP contribution in [0.15, 0.2) is 30.5 Å². The van der Waals surface area contributed by atoms with Gasteiger partial charge in [-0.15, -0.1) is 0 Å². The minimum absolute atomic E-state index is 0.0222. The lowest BCUT2D eigenvalue weighted by Crippen LogP contribution is -2.50. The topological polar surface area (TPSA) is 47.9 Å². The van der Waals surface area contributed by atoms with Gasteiger partial charge in [-0.05, 0) is 54.9 Å². The summed E-state index contributed by atoms with van der Waals surface area (Å²) in [7, 11) is 4.93. The molecule has 1 aliphatic carbocycles. The van der Waals surface area contributed by atoms with Crippen LogP contribution >= 0.6 is 12.2 Å². The van der Waals surface area contributed by atoms with Gasteiger partial charge in [0, 0.05) is 31.0 Å². The quantitative estimate of drug-likeness (QED) is 0.722. The highest BCUT2D eigenvalue weighted by Gasteiger charge is 2.33. The van der Waals surface area contributed by atoms with Crippen molar-refractivity contribution in [1.82, 2.24) is 14.8 Å². The number of fused-ring (bicyclic) bond motifs is 1. The molecule has 0 radical (unpaired) electrons. The molecule has 1 aromatic carbocycles. The number of methoxy groups -OCH3 is 3. The summed E-state index contributed by atoms with van der Waals surface area (Å²) in [6.07, 6.45) is 8.41. The van der Waals surface area contributed by atoms with Crippen molar-refractivity contribution in [3.8, 4) is 17.2 Å². The van der Waals surface area contributed by atoms with E-state index < -0.39 is 0 Å². The number of nitrogens with zero attached hydrogens (tertiary/aromatic N) is 2. The number of aromatic nitrogens is 1. The largest absolute Gasteiger partial charge is 0.493 e. The second kappa shape index (κ2) is 9.16. The van der Waals surface area contributed by atoms with E-state index >= 15 is 0 Å². The van der Waals surface area contributed by atoms with Gasteiger partial charge in [0.2, 0.25) is 5.75 Å². The number of hydrogen-bond acceptors (Lipinski definition) is 4. The van der Waals surface area contributed by atoms with Gasteiger partial charge in [0.05, 0.1) is 27.4 Å². The molecule has 6 nitrogen and oxygen atoms in total. The van der Waals surface area contributed by atoms with Crippen LogP contribution in [0.1, 0.15) is 49.4 Å². The predicted octanol–water partition coefficient (Wildman–Crippen LogP) is 4.13. The first-order chi connectivity index (χ1) is 14.7. The van der Waals surface area contributed by atoms with Crippen molar-refractivity contribution in [1.29, 1.82) is 0 Å². The van der Waals surface area contributed by atoms with Crippen molar-refractivity contribution in [3.63, 3.8) is 0 Å². The van der Waals surface area contributed by atoms with Crippen LogP contribution < -0.4 is 19.5 Å². The predicted molar refractivity (Wildman–Crippen MR) is 122 cm³/mol. The molecule has 7 heteroatoms. The molecule has 1 atom stereocenters. The van der Waals surface area contributed by atoms with Crippen LogP contribution in [0.4, 0.5) is 0 Å². The zero-order valence-corrected chi connectivity index (χ0v) is 18.8. The lowest BCUT2D eigenvalue weighted by Gasteiger charge is -2.40. The molecular formula is C23H31N3O3S. The Hall–Kier alpha value is -2.41. The summed E-state index contributed by atoms with van der Waals surface area (Å²) >= 11 is 5.92. The number of nitrogens with one attached hydrogen (secondary N) is 1. The lowest BCUT2D eigenvalue weighted by molar-refractivity contribution is 0.275. The molecule has 30 heavy (non-hydrogen) atoms. The van der Waals surface area contributed by atoms with Crippen molar-refractivity contribution < 1.29 is 14.2 Å². The van der Waals surface area contributed by atoms with E-state index in [1.54, 1.807) is 21.3 Å². The molecule has 1 aromatic heterocycles. The molecule has 2 aromatic rings. The molecule has 1 fully saturated rings. The summed E-state index contributed by atoms with van der Waals surface area (Å²) in [5, 5.41) is 4.48. The zero-order chi connectivity index (χ0) is 21.1. The average Bonchev–Trinajstić information content (AvgIpc) is 3.26. The molecule has 0 bridgehead atoms. The highest BCUT2D eigenvalue weighted by Crippen LogP contribution is 2.43. The number of rotatable bonds is 5. The van der Waals surface area contributed by atoms with Gasteiger partial charge in [0.15, 0.2) is 16.6 Å². The first-order valence-electron chi connectivity index (χ1n) is 10.7. The molecule has 0 unspecified atom stereocenters. The lowest BCUT2D eigenvalue weighted by atomic mass is 9.95. The summed E-state index contributed by atoms with van der Waals surface area (Å²) in [4.78, 5) is 2.31. The highest BCUT2D eigenvalue weighted by molar-refractivity contribution is 7.80. The summed E-state index contributed by atoms with van der Waals surface area (Å²) in [5.41, 5.74) is 2.28. The van der Waals surface area contributed by atoms with Crippen LogP contribution in [0.2, 0.25) is 0 Å². The van der Waals surface area contributed by atoms with E-state index in [2.05, 4.69) is 33.1 Å². The molecule has 1 saturated carbocycles. The van der Waals surface area contributed by atoms with Crippen molar-refractivity contribution in [2.75, 3.05) is 27.9 Å². The Bertz CT molecular complexity index is 867. The van der Waals surface area contributed by atoms with E-state index in [1.807, 2.05) is 12.1 Å². The number of hydrogen-bond donors (Lipinski definition) is 1. The minimum Gasteiger partial charge on any atom is -0.493 e. The zero-order valence-electron chi connectivity index (χ0n) is 18.0. The Morgan fingerprint density at radius 3 is 2.33 bits per heavy atom. The molecule has 2 aliphatic rings. The maximum atomic E-state index is 5.92. The van der Waals surface area contributed by atoms with Gasteiger partial charge in [-0.3, -0.25) is 0 Å². The fourth-order valence-corrected chi connectivity index (χ4v) is 5.08. The summed E-state index contributed by atoms with van der Waals surface area (Å²) in [6.45, 7) is 1.76. The van der Waals surface area contributed by atoms with Crippen LogP contribution in [0.25, 0.3) is 0 Å². The van der Waals surface area contributed by atoms with E-state index in [-0.39, 0.29) is 6.04 Å². The van der Waals surface area contributed by atoms with E-state index in [1.165, 1.54) is 37.8 Å². The Labute approximate surface area is 184 Å². The third-order valence-corrected chi connectivity index (χ3v) is 6.59. The van der Waals surface area contributed by atoms with Crippen LogP contribution in [0, 0.1) is 0 Å². The molecule has 0 amide bonds. The smallest absolute Gasteiger partial charge is 0.203 e. The Morgan fingerprint density at radius 1 is 1.00 bits per heavy atom. The second-order valence-corrected chi connectivity index (χ2v) is 8.35. The van der Waals surface area contributed by atoms with Gasteiger partial charge in [-0.1, -0.05) is 19.3 Å². The van der Waals surface area contributed by atoms with E-state index in [4.69, 9.17) is 26.4 Å². The van der Waals surface area contributed by atoms with Gasteiger partial charge in [-0.2, -0.15) is 0 Å². The SMILES string of the molecule is COc1cc([C@@H]2c3cccn3CCN2C(=S)NC2CCCCC2)cc(OC)c1OC. The number of benzene rings is 1. The molecule has 1 N–H and O–H groups in total. The Balaban J connectivity index is 1.71. The van der Waals surface area contributed by atoms with Gasteiger partial charge < -0.3 is 29.0 Å². The van der Waals surface area contributed by atoms with Crippen LogP contribution in [0.3, 0.4) is 0 Å². The maximum absolute atomic E-state index is 5.92. The number of ether oxygens (including phenoxy) is 3. The van der Waals surface area contributed by atoms with Gasteiger partial charge in [0.1, 0.15) is 0 Å². The average molecular weight is 430 g/mol. The monoisotopic (exact) mass is 429 g/mol. The highest BCUT2D eigenvalue weighted by atomic mass is 32.1. The second-order valence-electron chi connectivity index (χ2n) is 7.97. The van der Waals surface area contributed by atoms with Crippen molar-refractivity contribution >= 4 is 17.3 Å². The molecule has 2 heterocycles. The van der Waals surface area contributed by atoms with Crippen molar-refractivity contribution in [3.05, 3.63) is 41.7 Å². The summed E-state index contributed by atoms with van der Waals surface area (Å²) in [5.74, 6) is 1.91. The van der Waals surface area contributed by atoms with E-state index in [9.17, 15) is 0 Å². The third-order valence-electron chi connectivity index (χ3n) is 6.23. The van der Waals surface area contributed by atoms with E-state index in [0.29, 0.717) is 23.3 Å². The van der Waals surface area contributed by atoms with E-state index in [0.717, 1.165) is 23.8 Å². The Morgan fingerprint density at radius 2 is 1.70 bits per heavy atom. The fraction of sp³-hybridized carbons (Fsp3) is 0.522. The first kappa shape index (κ1) is 20.8. The molecule has 0 spiro atoms. The normalized spacial score (nSPS) is 19.2. The van der Waals surface area contributed by atoms with Crippen molar-refractivity contribution in [2.45, 2.75) is 50.7 Å². The van der Waals surface area contributed by atoms with Gasteiger partial charge in [-0.25, -0.2) is 0 Å². The summed E-state index contributed by atoms with van der Waals surface area (Å²) in [6, 6.07) is 8.78. The third kappa shape index (κ3) is 3.95. The molecule has 1 aliphatic heterocycles. The van der Waals surface area contributed by atoms with Crippen molar-refractivity contribution in [2.24, 2.45) is 0 Å².